The van der Waals surface area contributed by atoms with Gasteiger partial charge in [-0.05, 0) is 44.2 Å². The molecule has 1 N–H and O–H groups in total. The van der Waals surface area contributed by atoms with Crippen LogP contribution in [0.3, 0.4) is 0 Å². The third-order valence-electron chi connectivity index (χ3n) is 4.69. The number of pyridine rings is 1. The Labute approximate surface area is 141 Å². The summed E-state index contributed by atoms with van der Waals surface area (Å²) in [7, 11) is 0. The number of hydrogen-bond donors (Lipinski definition) is 1. The van der Waals surface area contributed by atoms with Crippen molar-refractivity contribution in [3.8, 4) is 0 Å². The zero-order valence-corrected chi connectivity index (χ0v) is 13.9. The van der Waals surface area contributed by atoms with Gasteiger partial charge in [-0.3, -0.25) is 14.6 Å². The van der Waals surface area contributed by atoms with E-state index in [9.17, 15) is 9.59 Å². The molecule has 1 aromatic heterocycles. The van der Waals surface area contributed by atoms with Crippen molar-refractivity contribution >= 4 is 22.8 Å². The van der Waals surface area contributed by atoms with E-state index in [2.05, 4.69) is 4.98 Å². The second kappa shape index (κ2) is 6.99. The lowest BCUT2D eigenvalue weighted by molar-refractivity contribution is -0.138. The minimum atomic E-state index is -0.756. The fraction of sp³-hybridized carbons (Fsp3) is 0.421. The number of rotatable bonds is 3. The molecule has 0 unspecified atom stereocenters. The van der Waals surface area contributed by atoms with Gasteiger partial charge >= 0.3 is 5.97 Å². The molecule has 1 aliphatic heterocycles. The maximum absolute atomic E-state index is 13.0. The van der Waals surface area contributed by atoms with Crippen LogP contribution in [0.25, 0.3) is 10.9 Å². The van der Waals surface area contributed by atoms with Gasteiger partial charge in [-0.25, -0.2) is 0 Å². The van der Waals surface area contributed by atoms with Gasteiger partial charge < -0.3 is 10.0 Å². The Hall–Kier alpha value is -2.43. The fourth-order valence-corrected chi connectivity index (χ4v) is 3.41. The number of likely N-dealkylation sites (tertiary alicyclic amines) is 1. The Morgan fingerprint density at radius 3 is 2.83 bits per heavy atom. The van der Waals surface area contributed by atoms with E-state index in [1.165, 1.54) is 0 Å². The molecule has 0 bridgehead atoms. The van der Waals surface area contributed by atoms with E-state index in [0.717, 1.165) is 35.9 Å². The molecule has 5 heteroatoms. The van der Waals surface area contributed by atoms with Crippen molar-refractivity contribution in [1.82, 2.24) is 9.88 Å². The molecule has 0 saturated carbocycles. The van der Waals surface area contributed by atoms with Crippen molar-refractivity contribution < 1.29 is 14.7 Å². The summed E-state index contributed by atoms with van der Waals surface area (Å²) in [4.78, 5) is 30.3. The van der Waals surface area contributed by atoms with Crippen molar-refractivity contribution in [2.24, 2.45) is 5.92 Å². The Morgan fingerprint density at radius 1 is 1.21 bits per heavy atom. The molecule has 1 aliphatic rings. The number of para-hydroxylation sites is 1. The quantitative estimate of drug-likeness (QED) is 0.940. The van der Waals surface area contributed by atoms with Gasteiger partial charge in [0, 0.05) is 30.6 Å². The van der Waals surface area contributed by atoms with E-state index in [1.807, 2.05) is 42.2 Å². The summed E-state index contributed by atoms with van der Waals surface area (Å²) in [6.07, 6.45) is 2.65. The van der Waals surface area contributed by atoms with Gasteiger partial charge in [0.25, 0.3) is 5.91 Å². The average Bonchev–Trinajstić information content (AvgIpc) is 2.78. The van der Waals surface area contributed by atoms with Gasteiger partial charge in [-0.15, -0.1) is 0 Å². The monoisotopic (exact) mass is 326 g/mol. The smallest absolute Gasteiger partial charge is 0.303 e. The molecule has 0 spiro atoms. The summed E-state index contributed by atoms with van der Waals surface area (Å²) in [6, 6.07) is 9.61. The topological polar surface area (TPSA) is 70.5 Å². The number of carboxylic acid groups (broad SMARTS) is 1. The van der Waals surface area contributed by atoms with Crippen LogP contribution in [0.2, 0.25) is 0 Å². The Morgan fingerprint density at radius 2 is 2.04 bits per heavy atom. The van der Waals surface area contributed by atoms with Crippen LogP contribution in [-0.4, -0.2) is 40.0 Å². The van der Waals surface area contributed by atoms with E-state index in [0.29, 0.717) is 18.7 Å². The van der Waals surface area contributed by atoms with E-state index in [4.69, 9.17) is 5.11 Å². The number of carbonyl (C=O) groups is 2. The maximum atomic E-state index is 13.0. The van der Waals surface area contributed by atoms with Gasteiger partial charge in [-0.1, -0.05) is 18.2 Å². The molecule has 2 heterocycles. The van der Waals surface area contributed by atoms with E-state index < -0.39 is 5.97 Å². The number of hydrogen-bond acceptors (Lipinski definition) is 3. The maximum Gasteiger partial charge on any atom is 0.303 e. The van der Waals surface area contributed by atoms with E-state index >= 15 is 0 Å². The molecular weight excluding hydrogens is 304 g/mol. The first-order valence-electron chi connectivity index (χ1n) is 8.42. The summed E-state index contributed by atoms with van der Waals surface area (Å²) in [5.74, 6) is -0.601. The highest BCUT2D eigenvalue weighted by atomic mass is 16.4. The number of aliphatic carboxylic acids is 1. The van der Waals surface area contributed by atoms with Gasteiger partial charge in [0.05, 0.1) is 11.1 Å². The molecule has 5 nitrogen and oxygen atoms in total. The largest absolute Gasteiger partial charge is 0.481 e. The minimum absolute atomic E-state index is 0.00493. The van der Waals surface area contributed by atoms with Crippen LogP contribution in [0.15, 0.2) is 30.3 Å². The second-order valence-electron chi connectivity index (χ2n) is 6.52. The molecule has 2 aromatic rings. The van der Waals surface area contributed by atoms with Crippen molar-refractivity contribution in [2.75, 3.05) is 13.1 Å². The lowest BCUT2D eigenvalue weighted by Gasteiger charge is -2.21. The second-order valence-corrected chi connectivity index (χ2v) is 6.52. The summed E-state index contributed by atoms with van der Waals surface area (Å²) < 4.78 is 0. The lowest BCUT2D eigenvalue weighted by Crippen LogP contribution is -2.32. The minimum Gasteiger partial charge on any atom is -0.481 e. The first-order chi connectivity index (χ1) is 11.5. The molecule has 1 aromatic carbocycles. The van der Waals surface area contributed by atoms with Crippen molar-refractivity contribution in [2.45, 2.75) is 32.6 Å². The zero-order valence-electron chi connectivity index (χ0n) is 13.9. The van der Waals surface area contributed by atoms with Crippen LogP contribution >= 0.6 is 0 Å². The molecule has 1 atom stereocenters. The number of aromatic nitrogens is 1. The van der Waals surface area contributed by atoms with E-state index in [-0.39, 0.29) is 18.2 Å². The van der Waals surface area contributed by atoms with Crippen LogP contribution in [0, 0.1) is 12.8 Å². The zero-order chi connectivity index (χ0) is 17.1. The first-order valence-corrected chi connectivity index (χ1v) is 8.42. The summed E-state index contributed by atoms with van der Waals surface area (Å²) in [5, 5.41) is 9.93. The van der Waals surface area contributed by atoms with Gasteiger partial charge in [0.2, 0.25) is 0 Å². The number of carboxylic acids is 1. The molecule has 1 amide bonds. The van der Waals surface area contributed by atoms with Crippen molar-refractivity contribution in [1.29, 1.82) is 0 Å². The Bertz CT molecular complexity index is 772. The molecule has 0 aliphatic carbocycles. The van der Waals surface area contributed by atoms with E-state index in [1.54, 1.807) is 0 Å². The van der Waals surface area contributed by atoms with Crippen LogP contribution < -0.4 is 0 Å². The predicted molar refractivity (Wildman–Crippen MR) is 92.0 cm³/mol. The number of fused-ring (bicyclic) bond motifs is 1. The molecule has 3 rings (SSSR count). The lowest BCUT2D eigenvalue weighted by atomic mass is 9.97. The predicted octanol–water partition coefficient (Wildman–Crippen LogP) is 3.26. The molecule has 126 valence electrons. The molecule has 1 saturated heterocycles. The highest BCUT2D eigenvalue weighted by Gasteiger charge is 2.24. The van der Waals surface area contributed by atoms with Crippen LogP contribution in [0.4, 0.5) is 0 Å². The van der Waals surface area contributed by atoms with Crippen molar-refractivity contribution in [3.05, 3.63) is 41.6 Å². The van der Waals surface area contributed by atoms with Gasteiger partial charge in [0.15, 0.2) is 0 Å². The number of carbonyl (C=O) groups excluding carboxylic acids is 1. The molecular formula is C19H22N2O3. The highest BCUT2D eigenvalue weighted by Crippen LogP contribution is 2.24. The fourth-order valence-electron chi connectivity index (χ4n) is 3.41. The summed E-state index contributed by atoms with van der Waals surface area (Å²) in [6.45, 7) is 3.21. The normalized spacial score (nSPS) is 18.4. The molecule has 24 heavy (non-hydrogen) atoms. The third kappa shape index (κ3) is 3.55. The number of nitrogens with zero attached hydrogens (tertiary/aromatic N) is 2. The number of aryl methyl sites for hydroxylation is 1. The average molecular weight is 326 g/mol. The summed E-state index contributed by atoms with van der Waals surface area (Å²) in [5.41, 5.74) is 2.27. The Kier molecular flexibility index (Phi) is 4.79. The first kappa shape index (κ1) is 16.4. The number of amides is 1. The highest BCUT2D eigenvalue weighted by molar-refractivity contribution is 6.05. The SMILES string of the molecule is Cc1ccc2cccc(C(=O)N3CCC[C@H](CC(=O)O)CC3)c2n1. The number of benzene rings is 1. The van der Waals surface area contributed by atoms with Crippen LogP contribution in [-0.2, 0) is 4.79 Å². The summed E-state index contributed by atoms with van der Waals surface area (Å²) >= 11 is 0. The van der Waals surface area contributed by atoms with Crippen LogP contribution in [0.1, 0.15) is 41.7 Å². The van der Waals surface area contributed by atoms with Crippen LogP contribution in [0.5, 0.6) is 0 Å². The Balaban J connectivity index is 1.82. The molecule has 1 fully saturated rings. The van der Waals surface area contributed by atoms with Crippen molar-refractivity contribution in [3.63, 3.8) is 0 Å². The molecule has 0 radical (unpaired) electrons. The van der Waals surface area contributed by atoms with Gasteiger partial charge in [0.1, 0.15) is 0 Å². The standard InChI is InChI=1S/C19H22N2O3/c1-13-7-8-15-5-2-6-16(18(15)20-13)19(24)21-10-3-4-14(9-11-21)12-17(22)23/h2,5-8,14H,3-4,9-12H2,1H3,(H,22,23)/t14-/m0/s1. The van der Waals surface area contributed by atoms with Gasteiger partial charge in [-0.2, -0.15) is 0 Å². The third-order valence-corrected chi connectivity index (χ3v) is 4.69.